The molecule has 284 valence electrons. The van der Waals surface area contributed by atoms with E-state index in [9.17, 15) is 4.79 Å². The third-order valence-electron chi connectivity index (χ3n) is 11.4. The second-order valence-electron chi connectivity index (χ2n) is 17.7. The first kappa shape index (κ1) is 42.1. The minimum Gasteiger partial charge on any atom is -0.414 e. The second-order valence-corrected chi connectivity index (χ2v) is 27.3. The molecule has 0 saturated carbocycles. The minimum atomic E-state index is -2.21. The Bertz CT molecular complexity index is 1500. The molecule has 1 fully saturated rings. The molecule has 1 heterocycles. The SMILES string of the molecule is CC1(C)O[C@H](C[C@H](CO[Si](C)(C)C(C)(C)C)O[Si](C)(C)C(C)(C)C)[C@](/C=C/C=O)(CCOC(c2ccccc2)(c2ccccc2)c2ccccc2)O1. The van der Waals surface area contributed by atoms with Gasteiger partial charge in [0.1, 0.15) is 17.5 Å². The van der Waals surface area contributed by atoms with Crippen LogP contribution in [0.1, 0.15) is 84.9 Å². The summed E-state index contributed by atoms with van der Waals surface area (Å²) in [7, 11) is -4.30. The Morgan fingerprint density at radius 2 is 1.21 bits per heavy atom. The number of carbonyl (C=O) groups is 1. The van der Waals surface area contributed by atoms with Crippen LogP contribution in [0.25, 0.3) is 0 Å². The van der Waals surface area contributed by atoms with E-state index in [1.54, 1.807) is 0 Å². The Hall–Kier alpha value is -2.70. The summed E-state index contributed by atoms with van der Waals surface area (Å²) in [5.74, 6) is -0.908. The number of carbonyl (C=O) groups excluding carboxylic acids is 1. The highest BCUT2D eigenvalue weighted by Gasteiger charge is 2.53. The highest BCUT2D eigenvalue weighted by Crippen LogP contribution is 2.46. The molecule has 1 saturated heterocycles. The number of benzene rings is 3. The van der Waals surface area contributed by atoms with Gasteiger partial charge in [-0.25, -0.2) is 0 Å². The first-order valence-electron chi connectivity index (χ1n) is 18.8. The molecule has 1 aliphatic heterocycles. The van der Waals surface area contributed by atoms with Crippen molar-refractivity contribution in [2.24, 2.45) is 0 Å². The van der Waals surface area contributed by atoms with Gasteiger partial charge < -0.3 is 23.1 Å². The lowest BCUT2D eigenvalue weighted by molar-refractivity contribution is -0.160. The lowest BCUT2D eigenvalue weighted by Crippen LogP contribution is -2.50. The van der Waals surface area contributed by atoms with E-state index in [1.807, 2.05) is 38.1 Å². The summed E-state index contributed by atoms with van der Waals surface area (Å²) in [5.41, 5.74) is 1.21. The van der Waals surface area contributed by atoms with Crippen molar-refractivity contribution in [3.05, 3.63) is 120 Å². The van der Waals surface area contributed by atoms with E-state index >= 15 is 0 Å². The van der Waals surface area contributed by atoms with E-state index in [0.717, 1.165) is 23.0 Å². The molecule has 1 aliphatic rings. The molecular formula is C44H64O6Si2. The van der Waals surface area contributed by atoms with Crippen LogP contribution in [0.4, 0.5) is 0 Å². The third-order valence-corrected chi connectivity index (χ3v) is 20.4. The van der Waals surface area contributed by atoms with Gasteiger partial charge in [-0.05, 0) is 79.0 Å². The molecule has 4 rings (SSSR count). The highest BCUT2D eigenvalue weighted by atomic mass is 28.4. The van der Waals surface area contributed by atoms with Gasteiger partial charge in [-0.3, -0.25) is 4.79 Å². The van der Waals surface area contributed by atoms with Crippen LogP contribution >= 0.6 is 0 Å². The van der Waals surface area contributed by atoms with Crippen LogP contribution in [0, 0.1) is 0 Å². The molecule has 3 aromatic carbocycles. The molecule has 0 spiro atoms. The Kier molecular flexibility index (Phi) is 13.2. The number of rotatable bonds is 16. The fraction of sp³-hybridized carbons (Fsp3) is 0.523. The zero-order valence-electron chi connectivity index (χ0n) is 33.8. The molecule has 52 heavy (non-hydrogen) atoms. The average molecular weight is 745 g/mol. The van der Waals surface area contributed by atoms with E-state index in [-0.39, 0.29) is 16.2 Å². The summed E-state index contributed by atoms with van der Waals surface area (Å²) in [5, 5.41) is 0.0621. The largest absolute Gasteiger partial charge is 0.414 e. The molecule has 0 aromatic heterocycles. The molecule has 3 atom stereocenters. The number of allylic oxidation sites excluding steroid dienone is 1. The Morgan fingerprint density at radius 1 is 0.750 bits per heavy atom. The molecule has 0 bridgehead atoms. The van der Waals surface area contributed by atoms with Crippen LogP contribution in [0.2, 0.25) is 36.3 Å². The van der Waals surface area contributed by atoms with Crippen molar-refractivity contribution < 1.29 is 27.9 Å². The van der Waals surface area contributed by atoms with Gasteiger partial charge in [0.25, 0.3) is 0 Å². The van der Waals surface area contributed by atoms with E-state index < -0.39 is 39.7 Å². The number of aldehydes is 1. The normalized spacial score (nSPS) is 20.7. The number of ether oxygens (including phenoxy) is 3. The first-order valence-corrected chi connectivity index (χ1v) is 24.6. The van der Waals surface area contributed by atoms with Crippen molar-refractivity contribution in [1.82, 2.24) is 0 Å². The van der Waals surface area contributed by atoms with Gasteiger partial charge in [0.05, 0.1) is 25.4 Å². The summed E-state index contributed by atoms with van der Waals surface area (Å²) in [6, 6.07) is 31.1. The van der Waals surface area contributed by atoms with Crippen LogP contribution in [0.15, 0.2) is 103 Å². The fourth-order valence-corrected chi connectivity index (χ4v) is 8.90. The molecule has 3 aromatic rings. The van der Waals surface area contributed by atoms with Crippen molar-refractivity contribution in [3.8, 4) is 0 Å². The Labute approximate surface area is 316 Å². The van der Waals surface area contributed by atoms with Crippen molar-refractivity contribution in [2.45, 2.75) is 134 Å². The van der Waals surface area contributed by atoms with Crippen LogP contribution in [0.3, 0.4) is 0 Å². The second kappa shape index (κ2) is 16.4. The molecule has 0 radical (unpaired) electrons. The predicted molar refractivity (Wildman–Crippen MR) is 218 cm³/mol. The van der Waals surface area contributed by atoms with Gasteiger partial charge in [0.2, 0.25) is 0 Å². The summed E-state index contributed by atoms with van der Waals surface area (Å²) in [6.07, 6.45) is 4.52. The van der Waals surface area contributed by atoms with Gasteiger partial charge in [-0.15, -0.1) is 0 Å². The van der Waals surface area contributed by atoms with Crippen LogP contribution in [0.5, 0.6) is 0 Å². The van der Waals surface area contributed by atoms with E-state index in [2.05, 4.69) is 141 Å². The standard InChI is InChI=1S/C44H64O6Si2/c1-40(2,3)51(9,10)47-34-38(49-52(11,12)41(4,5)6)33-39-43(29-22-31-45,50-42(7,8)48-39)30-32-46-44(35-23-16-13-17-24-35,36-25-18-14-19-26-36)37-27-20-15-21-28-37/h13-29,31,38-39H,30,32-34H2,1-12H3/b29-22+/t38-,39-,43+/m1/s1. The van der Waals surface area contributed by atoms with Gasteiger partial charge in [0, 0.05) is 12.8 Å². The Balaban J connectivity index is 1.75. The van der Waals surface area contributed by atoms with Crippen LogP contribution < -0.4 is 0 Å². The topological polar surface area (TPSA) is 63.2 Å². The fourth-order valence-electron chi connectivity index (χ4n) is 6.51. The summed E-state index contributed by atoms with van der Waals surface area (Å²) < 4.78 is 34.8. The number of hydrogen-bond donors (Lipinski definition) is 0. The molecular weight excluding hydrogens is 681 g/mol. The van der Waals surface area contributed by atoms with Gasteiger partial charge in [-0.1, -0.05) is 133 Å². The quantitative estimate of drug-likeness (QED) is 0.0630. The maximum absolute atomic E-state index is 11.9. The highest BCUT2D eigenvalue weighted by molar-refractivity contribution is 6.74. The third kappa shape index (κ3) is 9.69. The maximum atomic E-state index is 11.9. The monoisotopic (exact) mass is 744 g/mol. The van der Waals surface area contributed by atoms with Crippen LogP contribution in [-0.2, 0) is 33.5 Å². The van der Waals surface area contributed by atoms with E-state index in [0.29, 0.717) is 26.1 Å². The molecule has 6 nitrogen and oxygen atoms in total. The summed E-state index contributed by atoms with van der Waals surface area (Å²) >= 11 is 0. The molecule has 8 heteroatoms. The molecule has 0 amide bonds. The zero-order valence-corrected chi connectivity index (χ0v) is 35.8. The summed E-state index contributed by atoms with van der Waals surface area (Å²) in [6.45, 7) is 27.3. The van der Waals surface area contributed by atoms with Crippen molar-refractivity contribution in [3.63, 3.8) is 0 Å². The first-order chi connectivity index (χ1) is 24.2. The van der Waals surface area contributed by atoms with E-state index in [1.165, 1.54) is 6.08 Å². The lowest BCUT2D eigenvalue weighted by atomic mass is 9.80. The van der Waals surface area contributed by atoms with Gasteiger partial charge in [0.15, 0.2) is 22.4 Å². The minimum absolute atomic E-state index is 0.00647. The predicted octanol–water partition coefficient (Wildman–Crippen LogP) is 10.8. The lowest BCUT2D eigenvalue weighted by Gasteiger charge is -2.43. The molecule has 0 N–H and O–H groups in total. The van der Waals surface area contributed by atoms with Crippen LogP contribution in [-0.4, -0.2) is 59.7 Å². The average Bonchev–Trinajstić information content (AvgIpc) is 3.33. The van der Waals surface area contributed by atoms with Crippen molar-refractivity contribution in [1.29, 1.82) is 0 Å². The zero-order chi connectivity index (χ0) is 38.5. The molecule has 0 unspecified atom stereocenters. The van der Waals surface area contributed by atoms with E-state index in [4.69, 9.17) is 23.1 Å². The van der Waals surface area contributed by atoms with Crippen molar-refractivity contribution in [2.75, 3.05) is 13.2 Å². The van der Waals surface area contributed by atoms with Crippen molar-refractivity contribution >= 4 is 22.9 Å². The molecule has 0 aliphatic carbocycles. The Morgan fingerprint density at radius 3 is 1.63 bits per heavy atom. The van der Waals surface area contributed by atoms with Gasteiger partial charge >= 0.3 is 0 Å². The summed E-state index contributed by atoms with van der Waals surface area (Å²) in [4.78, 5) is 11.9. The van der Waals surface area contributed by atoms with Gasteiger partial charge in [-0.2, -0.15) is 0 Å². The number of hydrogen-bond acceptors (Lipinski definition) is 6. The smallest absolute Gasteiger partial charge is 0.192 e. The maximum Gasteiger partial charge on any atom is 0.192 e.